The number of hydrogen-bond acceptors (Lipinski definition) is 4. The summed E-state index contributed by atoms with van der Waals surface area (Å²) in [6, 6.07) is 12.9. The fourth-order valence-corrected chi connectivity index (χ4v) is 2.47. The van der Waals surface area contributed by atoms with Crippen LogP contribution in [-0.2, 0) is 4.79 Å². The molecule has 0 atom stereocenters. The normalized spacial score (nSPS) is 14.7. The highest BCUT2D eigenvalue weighted by Gasteiger charge is 2.16. The van der Waals surface area contributed by atoms with Crippen LogP contribution < -0.4 is 14.9 Å². The Morgan fingerprint density at radius 2 is 2.17 bits per heavy atom. The smallest absolute Gasteiger partial charge is 0.277 e. The van der Waals surface area contributed by atoms with Crippen molar-refractivity contribution in [1.82, 2.24) is 5.43 Å². The van der Waals surface area contributed by atoms with Crippen LogP contribution >= 0.6 is 11.6 Å². The van der Waals surface area contributed by atoms with Gasteiger partial charge in [-0.05, 0) is 42.8 Å². The van der Waals surface area contributed by atoms with Crippen molar-refractivity contribution in [2.75, 3.05) is 13.2 Å². The van der Waals surface area contributed by atoms with Gasteiger partial charge in [-0.25, -0.2) is 5.43 Å². The van der Waals surface area contributed by atoms with Gasteiger partial charge in [-0.3, -0.25) is 4.79 Å². The Kier molecular flexibility index (Phi) is 5.01. The number of halogens is 1. The van der Waals surface area contributed by atoms with Crippen LogP contribution in [0.2, 0.25) is 5.02 Å². The Morgan fingerprint density at radius 1 is 1.33 bits per heavy atom. The third kappa shape index (κ3) is 3.86. The number of benzene rings is 2. The summed E-state index contributed by atoms with van der Waals surface area (Å²) in [5, 5.41) is 4.87. The first-order chi connectivity index (χ1) is 11.6. The van der Waals surface area contributed by atoms with Gasteiger partial charge in [0.05, 0.1) is 12.3 Å². The van der Waals surface area contributed by atoms with E-state index in [0.717, 1.165) is 22.6 Å². The van der Waals surface area contributed by atoms with E-state index in [1.807, 2.05) is 31.2 Å². The van der Waals surface area contributed by atoms with Crippen LogP contribution in [0.4, 0.5) is 0 Å². The Morgan fingerprint density at radius 3 is 3.00 bits per heavy atom. The van der Waals surface area contributed by atoms with Gasteiger partial charge in [-0.1, -0.05) is 23.7 Å². The number of nitrogens with one attached hydrogen (secondary N) is 1. The molecule has 0 unspecified atom stereocenters. The Bertz CT molecular complexity index is 790. The van der Waals surface area contributed by atoms with Crippen molar-refractivity contribution in [3.8, 4) is 11.5 Å². The van der Waals surface area contributed by atoms with Crippen LogP contribution in [0.5, 0.6) is 11.5 Å². The zero-order chi connectivity index (χ0) is 16.9. The number of fused-ring (bicyclic) bond motifs is 1. The van der Waals surface area contributed by atoms with Gasteiger partial charge < -0.3 is 9.47 Å². The first-order valence-corrected chi connectivity index (χ1v) is 7.98. The summed E-state index contributed by atoms with van der Waals surface area (Å²) < 4.78 is 11.0. The third-order valence-electron chi connectivity index (χ3n) is 3.61. The monoisotopic (exact) mass is 344 g/mol. The van der Waals surface area contributed by atoms with E-state index in [2.05, 4.69) is 10.5 Å². The molecule has 24 heavy (non-hydrogen) atoms. The average Bonchev–Trinajstić information content (AvgIpc) is 2.61. The maximum absolute atomic E-state index is 11.9. The third-order valence-corrected chi connectivity index (χ3v) is 4.03. The van der Waals surface area contributed by atoms with Crippen molar-refractivity contribution in [1.29, 1.82) is 0 Å². The maximum Gasteiger partial charge on any atom is 0.277 e. The van der Waals surface area contributed by atoms with Crippen LogP contribution in [0, 0.1) is 6.92 Å². The number of hydrazone groups is 1. The molecule has 0 radical (unpaired) electrons. The summed E-state index contributed by atoms with van der Waals surface area (Å²) in [5.41, 5.74) is 5.13. The van der Waals surface area contributed by atoms with E-state index >= 15 is 0 Å². The van der Waals surface area contributed by atoms with E-state index < -0.39 is 0 Å². The molecule has 1 heterocycles. The van der Waals surface area contributed by atoms with Crippen molar-refractivity contribution in [3.05, 3.63) is 58.6 Å². The second-order valence-electron chi connectivity index (χ2n) is 5.39. The minimum Gasteiger partial charge on any atom is -0.492 e. The molecule has 3 rings (SSSR count). The van der Waals surface area contributed by atoms with Gasteiger partial charge in [0.1, 0.15) is 11.5 Å². The lowest BCUT2D eigenvalue weighted by atomic mass is 10.0. The number of hydrogen-bond donors (Lipinski definition) is 1. The highest BCUT2D eigenvalue weighted by atomic mass is 35.5. The van der Waals surface area contributed by atoms with Gasteiger partial charge in [0.25, 0.3) is 5.91 Å². The van der Waals surface area contributed by atoms with Crippen molar-refractivity contribution < 1.29 is 14.3 Å². The second-order valence-corrected chi connectivity index (χ2v) is 5.79. The highest BCUT2D eigenvalue weighted by molar-refractivity contribution is 6.31. The molecule has 1 aliphatic heterocycles. The summed E-state index contributed by atoms with van der Waals surface area (Å²) in [6.07, 6.45) is 0.647. The molecule has 124 valence electrons. The number of ether oxygens (including phenoxy) is 2. The summed E-state index contributed by atoms with van der Waals surface area (Å²) in [7, 11) is 0. The van der Waals surface area contributed by atoms with E-state index in [9.17, 15) is 4.79 Å². The lowest BCUT2D eigenvalue weighted by Gasteiger charge is -2.18. The molecular formula is C18H17ClN2O3. The maximum atomic E-state index is 11.9. The zero-order valence-electron chi connectivity index (χ0n) is 13.2. The minimum atomic E-state index is -0.320. The van der Waals surface area contributed by atoms with E-state index in [4.69, 9.17) is 21.1 Å². The average molecular weight is 345 g/mol. The van der Waals surface area contributed by atoms with Crippen LogP contribution in [0.3, 0.4) is 0 Å². The van der Waals surface area contributed by atoms with Crippen molar-refractivity contribution >= 4 is 23.2 Å². The first kappa shape index (κ1) is 16.3. The minimum absolute atomic E-state index is 0.115. The Labute approximate surface area is 145 Å². The molecule has 1 aliphatic rings. The zero-order valence-corrected chi connectivity index (χ0v) is 14.0. The van der Waals surface area contributed by atoms with Crippen molar-refractivity contribution in [3.63, 3.8) is 0 Å². The van der Waals surface area contributed by atoms with Gasteiger partial charge in [-0.2, -0.15) is 5.10 Å². The number of para-hydroxylation sites is 1. The summed E-state index contributed by atoms with van der Waals surface area (Å²) in [6.45, 7) is 2.31. The largest absolute Gasteiger partial charge is 0.492 e. The first-order valence-electron chi connectivity index (χ1n) is 7.60. The van der Waals surface area contributed by atoms with Gasteiger partial charge in [0.15, 0.2) is 6.61 Å². The lowest BCUT2D eigenvalue weighted by molar-refractivity contribution is -0.123. The molecule has 1 amide bonds. The number of carbonyl (C=O) groups excluding carboxylic acids is 1. The fraction of sp³-hybridized carbons (Fsp3) is 0.222. The van der Waals surface area contributed by atoms with E-state index in [1.165, 1.54) is 0 Å². The molecule has 0 bridgehead atoms. The predicted molar refractivity (Wildman–Crippen MR) is 92.9 cm³/mol. The number of rotatable bonds is 4. The molecule has 0 saturated heterocycles. The SMILES string of the molecule is Cc1cc(OCC(=O)N/N=C2/CCOc3ccccc32)ccc1Cl. The Balaban J connectivity index is 1.59. The van der Waals surface area contributed by atoms with Crippen LogP contribution in [-0.4, -0.2) is 24.8 Å². The lowest BCUT2D eigenvalue weighted by Crippen LogP contribution is -2.27. The quantitative estimate of drug-likeness (QED) is 0.865. The summed E-state index contributed by atoms with van der Waals surface area (Å²) in [5.74, 6) is 1.06. The van der Waals surface area contributed by atoms with Crippen LogP contribution in [0.25, 0.3) is 0 Å². The molecule has 1 N–H and O–H groups in total. The molecule has 0 fully saturated rings. The molecule has 0 saturated carbocycles. The topological polar surface area (TPSA) is 59.9 Å². The van der Waals surface area contributed by atoms with Crippen molar-refractivity contribution in [2.24, 2.45) is 5.10 Å². The van der Waals surface area contributed by atoms with E-state index in [0.29, 0.717) is 23.8 Å². The Hall–Kier alpha value is -2.53. The molecule has 2 aromatic rings. The highest BCUT2D eigenvalue weighted by Crippen LogP contribution is 2.24. The molecular weight excluding hydrogens is 328 g/mol. The fourth-order valence-electron chi connectivity index (χ4n) is 2.36. The molecule has 0 spiro atoms. The summed E-state index contributed by atoms with van der Waals surface area (Å²) >= 11 is 5.96. The van der Waals surface area contributed by atoms with E-state index in [-0.39, 0.29) is 12.5 Å². The molecule has 0 aliphatic carbocycles. The predicted octanol–water partition coefficient (Wildman–Crippen LogP) is 3.33. The van der Waals surface area contributed by atoms with Crippen molar-refractivity contribution in [2.45, 2.75) is 13.3 Å². The van der Waals surface area contributed by atoms with Gasteiger partial charge in [-0.15, -0.1) is 0 Å². The molecule has 2 aromatic carbocycles. The van der Waals surface area contributed by atoms with E-state index in [1.54, 1.807) is 18.2 Å². The number of aryl methyl sites for hydroxylation is 1. The van der Waals surface area contributed by atoms with Crippen LogP contribution in [0.1, 0.15) is 17.5 Å². The summed E-state index contributed by atoms with van der Waals surface area (Å²) in [4.78, 5) is 11.9. The number of carbonyl (C=O) groups is 1. The molecule has 6 heteroatoms. The second kappa shape index (κ2) is 7.36. The number of nitrogens with zero attached hydrogens (tertiary/aromatic N) is 1. The molecule has 5 nitrogen and oxygen atoms in total. The molecule has 0 aromatic heterocycles. The van der Waals surface area contributed by atoms with Gasteiger partial charge >= 0.3 is 0 Å². The number of amides is 1. The van der Waals surface area contributed by atoms with Gasteiger partial charge in [0.2, 0.25) is 0 Å². The van der Waals surface area contributed by atoms with Crippen LogP contribution in [0.15, 0.2) is 47.6 Å². The standard InChI is InChI=1S/C18H17ClN2O3/c1-12-10-13(6-7-15(12)19)24-11-18(22)21-20-16-8-9-23-17-5-3-2-4-14(16)17/h2-7,10H,8-9,11H2,1H3,(H,21,22)/b20-16-. The van der Waals surface area contributed by atoms with Gasteiger partial charge in [0, 0.05) is 17.0 Å².